The Morgan fingerprint density at radius 3 is 2.67 bits per heavy atom. The maximum absolute atomic E-state index is 12.1. The lowest BCUT2D eigenvalue weighted by atomic mass is 10.4. The second kappa shape index (κ2) is 5.56. The van der Waals surface area contributed by atoms with Crippen LogP contribution in [0.15, 0.2) is 55.0 Å². The average molecular weight is 395 g/mol. The van der Waals surface area contributed by atoms with Crippen LogP contribution in [-0.4, -0.2) is 8.42 Å². The highest BCUT2D eigenvalue weighted by molar-refractivity contribution is 9.11. The molecule has 0 unspecified atom stereocenters. The minimum atomic E-state index is -3.56. The van der Waals surface area contributed by atoms with Gasteiger partial charge in [-0.15, -0.1) is 0 Å². The van der Waals surface area contributed by atoms with Crippen molar-refractivity contribution in [2.45, 2.75) is 11.4 Å². The summed E-state index contributed by atoms with van der Waals surface area (Å²) in [5.74, 6) is 0. The minimum absolute atomic E-state index is 0.192. The summed E-state index contributed by atoms with van der Waals surface area (Å²) in [6.45, 7) is 0.192. The number of furan rings is 1. The molecule has 0 spiro atoms. The first-order valence-corrected chi connectivity index (χ1v) is 8.02. The van der Waals surface area contributed by atoms with Crippen LogP contribution in [0, 0.1) is 0 Å². The Balaban J connectivity index is 2.22. The molecule has 1 heterocycles. The zero-order chi connectivity index (χ0) is 13.2. The monoisotopic (exact) mass is 393 g/mol. The number of rotatable bonds is 4. The molecule has 2 rings (SSSR count). The lowest BCUT2D eigenvalue weighted by molar-refractivity contribution is 0.561. The fraction of sp³-hybridized carbons (Fsp3) is 0.0909. The van der Waals surface area contributed by atoms with Crippen LogP contribution in [0.25, 0.3) is 0 Å². The van der Waals surface area contributed by atoms with Crippen LogP contribution in [0.1, 0.15) is 5.56 Å². The number of nitrogens with one attached hydrogen (secondary N) is 1. The van der Waals surface area contributed by atoms with E-state index >= 15 is 0 Å². The van der Waals surface area contributed by atoms with E-state index in [0.29, 0.717) is 8.95 Å². The van der Waals surface area contributed by atoms with Crippen molar-refractivity contribution >= 4 is 41.9 Å². The second-order valence-electron chi connectivity index (χ2n) is 3.53. The van der Waals surface area contributed by atoms with Gasteiger partial charge in [0, 0.05) is 21.1 Å². The van der Waals surface area contributed by atoms with Crippen molar-refractivity contribution in [2.75, 3.05) is 0 Å². The fourth-order valence-electron chi connectivity index (χ4n) is 1.33. The molecule has 7 heteroatoms. The van der Waals surface area contributed by atoms with Gasteiger partial charge < -0.3 is 4.42 Å². The molecule has 1 aromatic carbocycles. The topological polar surface area (TPSA) is 59.3 Å². The maximum Gasteiger partial charge on any atom is 0.242 e. The third-order valence-corrected chi connectivity index (χ3v) is 5.12. The average Bonchev–Trinajstić information content (AvgIpc) is 2.83. The Kier molecular flexibility index (Phi) is 4.26. The summed E-state index contributed by atoms with van der Waals surface area (Å²) >= 11 is 6.48. The fourth-order valence-corrected chi connectivity index (χ4v) is 3.85. The van der Waals surface area contributed by atoms with Gasteiger partial charge in [0.2, 0.25) is 10.0 Å². The van der Waals surface area contributed by atoms with Gasteiger partial charge in [0.1, 0.15) is 0 Å². The number of hydrogen-bond donors (Lipinski definition) is 1. The van der Waals surface area contributed by atoms with Gasteiger partial charge in [0.15, 0.2) is 0 Å². The number of benzene rings is 1. The van der Waals surface area contributed by atoms with Gasteiger partial charge >= 0.3 is 0 Å². The van der Waals surface area contributed by atoms with E-state index in [1.54, 1.807) is 24.3 Å². The highest BCUT2D eigenvalue weighted by atomic mass is 79.9. The molecule has 0 aliphatic carbocycles. The molecule has 0 bridgehead atoms. The van der Waals surface area contributed by atoms with E-state index < -0.39 is 10.0 Å². The molecule has 2 aromatic rings. The Hall–Kier alpha value is -0.630. The quantitative estimate of drug-likeness (QED) is 0.865. The van der Waals surface area contributed by atoms with E-state index in [1.807, 2.05) is 0 Å². The Bertz CT molecular complexity index is 638. The standard InChI is InChI=1S/C11H9Br2NO3S/c12-9-1-2-10(13)11(5-9)18(15,16)14-6-8-3-4-17-7-8/h1-5,7,14H,6H2. The molecule has 0 fully saturated rings. The molecule has 1 aromatic heterocycles. The summed E-state index contributed by atoms with van der Waals surface area (Å²) in [5.41, 5.74) is 0.768. The smallest absolute Gasteiger partial charge is 0.242 e. The van der Waals surface area contributed by atoms with Crippen LogP contribution in [0.4, 0.5) is 0 Å². The molecule has 0 saturated heterocycles. The number of sulfonamides is 1. The largest absolute Gasteiger partial charge is 0.472 e. The van der Waals surface area contributed by atoms with Crippen molar-refractivity contribution < 1.29 is 12.8 Å². The molecule has 18 heavy (non-hydrogen) atoms. The number of hydrogen-bond acceptors (Lipinski definition) is 3. The lowest BCUT2D eigenvalue weighted by Gasteiger charge is -2.08. The Morgan fingerprint density at radius 2 is 2.00 bits per heavy atom. The van der Waals surface area contributed by atoms with Crippen molar-refractivity contribution in [3.8, 4) is 0 Å². The highest BCUT2D eigenvalue weighted by Gasteiger charge is 2.17. The summed E-state index contributed by atoms with van der Waals surface area (Å²) in [5, 5.41) is 0. The molecule has 0 aliphatic rings. The molecule has 0 radical (unpaired) electrons. The lowest BCUT2D eigenvalue weighted by Crippen LogP contribution is -2.23. The highest BCUT2D eigenvalue weighted by Crippen LogP contribution is 2.25. The van der Waals surface area contributed by atoms with E-state index in [-0.39, 0.29) is 11.4 Å². The summed E-state index contributed by atoms with van der Waals surface area (Å²) in [6.07, 6.45) is 3.00. The van der Waals surface area contributed by atoms with Gasteiger partial charge in [0.25, 0.3) is 0 Å². The van der Waals surface area contributed by atoms with Crippen LogP contribution < -0.4 is 4.72 Å². The van der Waals surface area contributed by atoms with Gasteiger partial charge in [0.05, 0.1) is 17.4 Å². The van der Waals surface area contributed by atoms with E-state index in [4.69, 9.17) is 4.42 Å². The Morgan fingerprint density at radius 1 is 1.22 bits per heavy atom. The molecule has 0 atom stereocenters. The van der Waals surface area contributed by atoms with E-state index in [1.165, 1.54) is 12.5 Å². The van der Waals surface area contributed by atoms with Crippen molar-refractivity contribution in [1.29, 1.82) is 0 Å². The molecule has 4 nitrogen and oxygen atoms in total. The first-order chi connectivity index (χ1) is 8.49. The molecule has 0 saturated carbocycles. The van der Waals surface area contributed by atoms with E-state index in [0.717, 1.165) is 5.56 Å². The van der Waals surface area contributed by atoms with Crippen LogP contribution in [0.2, 0.25) is 0 Å². The first-order valence-electron chi connectivity index (χ1n) is 4.95. The zero-order valence-corrected chi connectivity index (χ0v) is 13.0. The Labute approximate surface area is 122 Å². The minimum Gasteiger partial charge on any atom is -0.472 e. The van der Waals surface area contributed by atoms with Crippen molar-refractivity contribution in [1.82, 2.24) is 4.72 Å². The summed E-state index contributed by atoms with van der Waals surface area (Å²) in [6, 6.07) is 6.69. The number of halogens is 2. The van der Waals surface area contributed by atoms with Gasteiger partial charge in [-0.05, 0) is 40.2 Å². The van der Waals surface area contributed by atoms with Crippen LogP contribution in [0.3, 0.4) is 0 Å². The van der Waals surface area contributed by atoms with Gasteiger partial charge in [-0.1, -0.05) is 15.9 Å². The van der Waals surface area contributed by atoms with Gasteiger partial charge in [-0.3, -0.25) is 0 Å². The molecular weight excluding hydrogens is 386 g/mol. The maximum atomic E-state index is 12.1. The predicted molar refractivity (Wildman–Crippen MR) is 74.6 cm³/mol. The van der Waals surface area contributed by atoms with Crippen LogP contribution >= 0.6 is 31.9 Å². The normalized spacial score (nSPS) is 11.7. The van der Waals surface area contributed by atoms with E-state index in [9.17, 15) is 8.42 Å². The summed E-state index contributed by atoms with van der Waals surface area (Å²) in [7, 11) is -3.56. The predicted octanol–water partition coefficient (Wildman–Crippen LogP) is 3.28. The van der Waals surface area contributed by atoms with E-state index in [2.05, 4.69) is 36.6 Å². The molecule has 0 aliphatic heterocycles. The van der Waals surface area contributed by atoms with Crippen LogP contribution in [0.5, 0.6) is 0 Å². The molecule has 96 valence electrons. The third kappa shape index (κ3) is 3.23. The SMILES string of the molecule is O=S(=O)(NCc1ccoc1)c1cc(Br)ccc1Br. The van der Waals surface area contributed by atoms with Gasteiger partial charge in [-0.25, -0.2) is 13.1 Å². The first kappa shape index (κ1) is 13.8. The zero-order valence-electron chi connectivity index (χ0n) is 9.06. The van der Waals surface area contributed by atoms with Crippen molar-refractivity contribution in [2.24, 2.45) is 0 Å². The van der Waals surface area contributed by atoms with Crippen molar-refractivity contribution in [3.05, 3.63) is 51.3 Å². The third-order valence-electron chi connectivity index (χ3n) is 2.23. The molecule has 1 N–H and O–H groups in total. The summed E-state index contributed by atoms with van der Waals surface area (Å²) in [4.78, 5) is 0.195. The summed E-state index contributed by atoms with van der Waals surface area (Å²) < 4.78 is 32.8. The molecule has 0 amide bonds. The molecular formula is C11H9Br2NO3S. The second-order valence-corrected chi connectivity index (χ2v) is 7.04. The van der Waals surface area contributed by atoms with Crippen molar-refractivity contribution in [3.63, 3.8) is 0 Å². The van der Waals surface area contributed by atoms with Gasteiger partial charge in [-0.2, -0.15) is 0 Å². The van der Waals surface area contributed by atoms with Crippen LogP contribution in [-0.2, 0) is 16.6 Å².